The molecule has 0 aliphatic heterocycles. The monoisotopic (exact) mass is 373 g/mol. The van der Waals surface area contributed by atoms with E-state index in [-0.39, 0.29) is 30.1 Å². The molecule has 0 aliphatic rings. The van der Waals surface area contributed by atoms with Crippen molar-refractivity contribution in [2.24, 2.45) is 23.7 Å². The highest BCUT2D eigenvalue weighted by Gasteiger charge is 2.29. The Labute approximate surface area is 156 Å². The summed E-state index contributed by atoms with van der Waals surface area (Å²) < 4.78 is 10.5. The fourth-order valence-electron chi connectivity index (χ4n) is 2.51. The number of ether oxygens (including phenoxy) is 2. The van der Waals surface area contributed by atoms with Gasteiger partial charge in [-0.3, -0.25) is 9.59 Å². The molecule has 0 saturated carbocycles. The fraction of sp³-hybridized carbons (Fsp3) is 0.842. The normalized spacial score (nSPS) is 15.9. The smallest absolute Gasteiger partial charge is 0.410 e. The van der Waals surface area contributed by atoms with Crippen LogP contribution in [0.1, 0.15) is 67.7 Å². The number of hydrogen-bond acceptors (Lipinski definition) is 5. The molecule has 0 unspecified atom stereocenters. The SMILES string of the molecule is CCC[C@@H](C)[C@@H](C)[C@@H](CC(=O)O)NC(=O)O[C@H](OC(=O)C(C)C)C(C)C. The Balaban J connectivity index is 4.99. The Bertz CT molecular complexity index is 463. The topological polar surface area (TPSA) is 102 Å². The van der Waals surface area contributed by atoms with Crippen molar-refractivity contribution >= 4 is 18.0 Å². The summed E-state index contributed by atoms with van der Waals surface area (Å²) in [4.78, 5) is 35.2. The van der Waals surface area contributed by atoms with Crippen LogP contribution >= 0.6 is 0 Å². The predicted octanol–water partition coefficient (Wildman–Crippen LogP) is 3.81. The predicted molar refractivity (Wildman–Crippen MR) is 98.4 cm³/mol. The van der Waals surface area contributed by atoms with Gasteiger partial charge in [-0.2, -0.15) is 0 Å². The van der Waals surface area contributed by atoms with Gasteiger partial charge in [0.05, 0.1) is 12.3 Å². The van der Waals surface area contributed by atoms with Gasteiger partial charge in [-0.1, -0.05) is 61.3 Å². The van der Waals surface area contributed by atoms with E-state index in [9.17, 15) is 14.4 Å². The largest absolute Gasteiger partial charge is 0.481 e. The highest BCUT2D eigenvalue weighted by Crippen LogP contribution is 2.22. The molecule has 0 bridgehead atoms. The summed E-state index contributed by atoms with van der Waals surface area (Å²) in [5, 5.41) is 11.8. The van der Waals surface area contributed by atoms with Crippen molar-refractivity contribution < 1.29 is 29.0 Å². The molecule has 0 aromatic heterocycles. The Morgan fingerprint density at radius 2 is 1.58 bits per heavy atom. The number of hydrogen-bond donors (Lipinski definition) is 2. The Morgan fingerprint density at radius 1 is 1.00 bits per heavy atom. The summed E-state index contributed by atoms with van der Waals surface area (Å²) in [7, 11) is 0. The first-order valence-corrected chi connectivity index (χ1v) is 9.38. The summed E-state index contributed by atoms with van der Waals surface area (Å²) in [5.74, 6) is -1.78. The molecule has 0 aromatic carbocycles. The Morgan fingerprint density at radius 3 is 2.00 bits per heavy atom. The van der Waals surface area contributed by atoms with E-state index in [4.69, 9.17) is 14.6 Å². The van der Waals surface area contributed by atoms with E-state index in [1.54, 1.807) is 27.7 Å². The van der Waals surface area contributed by atoms with E-state index in [2.05, 4.69) is 12.2 Å². The van der Waals surface area contributed by atoms with Crippen LogP contribution in [0.15, 0.2) is 0 Å². The van der Waals surface area contributed by atoms with Crippen molar-refractivity contribution in [2.45, 2.75) is 80.1 Å². The molecule has 7 heteroatoms. The third kappa shape index (κ3) is 9.06. The van der Waals surface area contributed by atoms with Gasteiger partial charge >= 0.3 is 18.0 Å². The number of carbonyl (C=O) groups is 3. The van der Waals surface area contributed by atoms with Crippen molar-refractivity contribution in [3.8, 4) is 0 Å². The maximum Gasteiger partial charge on any atom is 0.410 e. The minimum atomic E-state index is -1.02. The van der Waals surface area contributed by atoms with Crippen molar-refractivity contribution in [1.82, 2.24) is 5.32 Å². The van der Waals surface area contributed by atoms with Crippen LogP contribution in [0.2, 0.25) is 0 Å². The van der Waals surface area contributed by atoms with E-state index < -0.39 is 30.4 Å². The second kappa shape index (κ2) is 11.8. The summed E-state index contributed by atoms with van der Waals surface area (Å²) >= 11 is 0. The van der Waals surface area contributed by atoms with E-state index >= 15 is 0 Å². The number of alkyl carbamates (subject to hydrolysis) is 1. The molecule has 1 amide bonds. The van der Waals surface area contributed by atoms with Crippen LogP contribution in [0, 0.1) is 23.7 Å². The van der Waals surface area contributed by atoms with Crippen molar-refractivity contribution in [3.05, 3.63) is 0 Å². The van der Waals surface area contributed by atoms with Gasteiger partial charge in [-0.25, -0.2) is 4.79 Å². The molecule has 0 rings (SSSR count). The highest BCUT2D eigenvalue weighted by molar-refractivity contribution is 5.73. The van der Waals surface area contributed by atoms with Gasteiger partial charge in [-0.05, 0) is 11.8 Å². The van der Waals surface area contributed by atoms with Crippen molar-refractivity contribution in [1.29, 1.82) is 0 Å². The first-order chi connectivity index (χ1) is 12.0. The second-order valence-corrected chi connectivity index (χ2v) is 7.58. The molecule has 0 aromatic rings. The number of nitrogens with one attached hydrogen (secondary N) is 1. The lowest BCUT2D eigenvalue weighted by Gasteiger charge is -2.29. The standard InChI is InChI=1S/C19H35NO6/c1-8-9-13(6)14(7)15(10-16(21)22)20-19(24)26-18(12(4)5)25-17(23)11(2)3/h11-15,18H,8-10H2,1-7H3,(H,20,24)(H,21,22)/t13-,14-,15-,18+/m1/s1. The van der Waals surface area contributed by atoms with Gasteiger partial charge in [0.2, 0.25) is 0 Å². The molecule has 0 heterocycles. The lowest BCUT2D eigenvalue weighted by molar-refractivity contribution is -0.178. The zero-order chi connectivity index (χ0) is 20.4. The zero-order valence-electron chi connectivity index (χ0n) is 17.1. The Kier molecular flexibility index (Phi) is 10.9. The van der Waals surface area contributed by atoms with Gasteiger partial charge in [0.25, 0.3) is 6.29 Å². The summed E-state index contributed by atoms with van der Waals surface area (Å²) in [6, 6.07) is -0.560. The third-order valence-corrected chi connectivity index (χ3v) is 4.45. The van der Waals surface area contributed by atoms with Crippen LogP contribution in [-0.2, 0) is 19.1 Å². The molecule has 2 N–H and O–H groups in total. The molecule has 0 radical (unpaired) electrons. The van der Waals surface area contributed by atoms with Crippen LogP contribution < -0.4 is 5.32 Å². The molecule has 0 saturated heterocycles. The summed E-state index contributed by atoms with van der Waals surface area (Å²) in [6.45, 7) is 13.0. The number of carbonyl (C=O) groups excluding carboxylic acids is 2. The van der Waals surface area contributed by atoms with E-state index in [1.165, 1.54) is 0 Å². The molecule has 0 fully saturated rings. The Hall–Kier alpha value is -1.79. The highest BCUT2D eigenvalue weighted by atomic mass is 16.7. The number of aliphatic carboxylic acids is 1. The molecular formula is C19H35NO6. The van der Waals surface area contributed by atoms with Crippen LogP contribution in [0.4, 0.5) is 4.79 Å². The van der Waals surface area contributed by atoms with E-state index in [0.717, 1.165) is 12.8 Å². The van der Waals surface area contributed by atoms with Crippen LogP contribution in [0.25, 0.3) is 0 Å². The quantitative estimate of drug-likeness (QED) is 0.422. The molecule has 152 valence electrons. The number of amides is 1. The van der Waals surface area contributed by atoms with Crippen molar-refractivity contribution in [2.75, 3.05) is 0 Å². The maximum atomic E-state index is 12.3. The molecule has 26 heavy (non-hydrogen) atoms. The molecule has 0 aliphatic carbocycles. The molecule has 7 nitrogen and oxygen atoms in total. The van der Waals surface area contributed by atoms with E-state index in [1.807, 2.05) is 13.8 Å². The second-order valence-electron chi connectivity index (χ2n) is 7.58. The molecule has 0 spiro atoms. The van der Waals surface area contributed by atoms with Gasteiger partial charge in [0, 0.05) is 12.0 Å². The van der Waals surface area contributed by atoms with Crippen LogP contribution in [-0.4, -0.2) is 35.5 Å². The molecule has 4 atom stereocenters. The minimum Gasteiger partial charge on any atom is -0.481 e. The third-order valence-electron chi connectivity index (χ3n) is 4.45. The molecular weight excluding hydrogens is 338 g/mol. The maximum absolute atomic E-state index is 12.3. The number of carboxylic acids is 1. The first kappa shape index (κ1) is 24.2. The van der Waals surface area contributed by atoms with Gasteiger partial charge in [0.15, 0.2) is 0 Å². The first-order valence-electron chi connectivity index (χ1n) is 9.38. The van der Waals surface area contributed by atoms with Crippen LogP contribution in [0.3, 0.4) is 0 Å². The lowest BCUT2D eigenvalue weighted by atomic mass is 9.84. The number of rotatable bonds is 11. The van der Waals surface area contributed by atoms with Gasteiger partial charge in [-0.15, -0.1) is 0 Å². The van der Waals surface area contributed by atoms with Crippen molar-refractivity contribution in [3.63, 3.8) is 0 Å². The van der Waals surface area contributed by atoms with Gasteiger partial charge < -0.3 is 19.9 Å². The summed E-state index contributed by atoms with van der Waals surface area (Å²) in [5.41, 5.74) is 0. The fourth-order valence-corrected chi connectivity index (χ4v) is 2.51. The lowest BCUT2D eigenvalue weighted by Crippen LogP contribution is -2.45. The van der Waals surface area contributed by atoms with Gasteiger partial charge in [0.1, 0.15) is 0 Å². The minimum absolute atomic E-state index is 0.0330. The van der Waals surface area contributed by atoms with E-state index in [0.29, 0.717) is 0 Å². The zero-order valence-corrected chi connectivity index (χ0v) is 17.1. The number of esters is 1. The average Bonchev–Trinajstić information content (AvgIpc) is 2.52. The average molecular weight is 373 g/mol. The number of carboxylic acid groups (broad SMARTS) is 1. The van der Waals surface area contributed by atoms with Crippen LogP contribution in [0.5, 0.6) is 0 Å². The summed E-state index contributed by atoms with van der Waals surface area (Å²) in [6.07, 6.45) is -0.0614.